The van der Waals surface area contributed by atoms with Crippen LogP contribution in [0.1, 0.15) is 50.5 Å². The maximum absolute atomic E-state index is 12.4. The Morgan fingerprint density at radius 3 is 2.26 bits per heavy atom. The van der Waals surface area contributed by atoms with Gasteiger partial charge in [0.2, 0.25) is 0 Å². The van der Waals surface area contributed by atoms with E-state index in [1.54, 1.807) is 0 Å². The first-order chi connectivity index (χ1) is 14.4. The second-order valence-electron chi connectivity index (χ2n) is 8.13. The van der Waals surface area contributed by atoms with E-state index in [-0.39, 0.29) is 35.4 Å². The molecule has 0 aliphatic carbocycles. The van der Waals surface area contributed by atoms with Crippen LogP contribution in [0, 0.1) is 0 Å². The molecule has 1 amide bonds. The molecule has 1 saturated heterocycles. The normalized spacial score (nSPS) is 15.2. The van der Waals surface area contributed by atoms with Crippen molar-refractivity contribution in [2.75, 3.05) is 52.5 Å². The van der Waals surface area contributed by atoms with Crippen molar-refractivity contribution in [2.24, 2.45) is 4.99 Å². The minimum Gasteiger partial charge on any atom is -0.379 e. The second-order valence-corrected chi connectivity index (χ2v) is 8.13. The van der Waals surface area contributed by atoms with Gasteiger partial charge in [-0.2, -0.15) is 0 Å². The number of halogens is 1. The van der Waals surface area contributed by atoms with Crippen LogP contribution < -0.4 is 10.6 Å². The molecule has 0 atom stereocenters. The van der Waals surface area contributed by atoms with E-state index in [0.29, 0.717) is 6.54 Å². The van der Waals surface area contributed by atoms with Crippen LogP contribution >= 0.6 is 24.0 Å². The zero-order valence-electron chi connectivity index (χ0n) is 19.7. The zero-order valence-corrected chi connectivity index (χ0v) is 22.1. The maximum Gasteiger partial charge on any atom is 0.253 e. The third kappa shape index (κ3) is 8.57. The van der Waals surface area contributed by atoms with Gasteiger partial charge in [-0.25, -0.2) is 4.99 Å². The van der Waals surface area contributed by atoms with Crippen LogP contribution in [0.15, 0.2) is 29.3 Å². The summed E-state index contributed by atoms with van der Waals surface area (Å²) in [6.07, 6.45) is 0. The highest BCUT2D eigenvalue weighted by Crippen LogP contribution is 2.15. The van der Waals surface area contributed by atoms with Gasteiger partial charge in [-0.15, -0.1) is 24.0 Å². The van der Waals surface area contributed by atoms with Crippen LogP contribution in [-0.2, 0) is 11.3 Å². The Hall–Kier alpha value is -1.39. The molecule has 1 heterocycles. The summed E-state index contributed by atoms with van der Waals surface area (Å²) in [7, 11) is 0. The first kappa shape index (κ1) is 27.6. The van der Waals surface area contributed by atoms with Gasteiger partial charge in [-0.3, -0.25) is 9.69 Å². The molecular formula is C23H40IN5O2. The zero-order chi connectivity index (χ0) is 22.0. The Morgan fingerprint density at radius 1 is 1.10 bits per heavy atom. The molecule has 1 fully saturated rings. The summed E-state index contributed by atoms with van der Waals surface area (Å²) in [5, 5.41) is 6.81. The van der Waals surface area contributed by atoms with Crippen LogP contribution in [0.3, 0.4) is 0 Å². The predicted octanol–water partition coefficient (Wildman–Crippen LogP) is 2.95. The average Bonchev–Trinajstić information content (AvgIpc) is 2.77. The first-order valence-electron chi connectivity index (χ1n) is 11.1. The summed E-state index contributed by atoms with van der Waals surface area (Å²) in [5.74, 6) is 0.887. The summed E-state index contributed by atoms with van der Waals surface area (Å²) in [5.41, 5.74) is 1.83. The number of guanidine groups is 1. The topological polar surface area (TPSA) is 69.2 Å². The molecule has 1 aliphatic rings. The van der Waals surface area contributed by atoms with Crippen molar-refractivity contribution >= 4 is 35.8 Å². The van der Waals surface area contributed by atoms with E-state index in [1.807, 2.05) is 43.0 Å². The van der Waals surface area contributed by atoms with Gasteiger partial charge in [-0.05, 0) is 52.3 Å². The van der Waals surface area contributed by atoms with Crippen molar-refractivity contribution in [1.29, 1.82) is 0 Å². The van der Waals surface area contributed by atoms with Gasteiger partial charge in [0.1, 0.15) is 0 Å². The summed E-state index contributed by atoms with van der Waals surface area (Å²) in [4.78, 5) is 21.5. The lowest BCUT2D eigenvalue weighted by Gasteiger charge is -2.41. The van der Waals surface area contributed by atoms with E-state index >= 15 is 0 Å². The number of carbonyl (C=O) groups excluding carboxylic acids is 1. The molecule has 1 aliphatic heterocycles. The van der Waals surface area contributed by atoms with Crippen molar-refractivity contribution in [3.63, 3.8) is 0 Å². The van der Waals surface area contributed by atoms with Crippen LogP contribution in [0.25, 0.3) is 0 Å². The number of carbonyl (C=O) groups is 1. The van der Waals surface area contributed by atoms with Crippen LogP contribution in [-0.4, -0.2) is 79.7 Å². The van der Waals surface area contributed by atoms with E-state index in [9.17, 15) is 4.79 Å². The monoisotopic (exact) mass is 545 g/mol. The Labute approximate surface area is 205 Å². The molecule has 0 spiro atoms. The molecule has 0 radical (unpaired) electrons. The van der Waals surface area contributed by atoms with E-state index < -0.39 is 0 Å². The number of hydrogen-bond donors (Lipinski definition) is 2. The first-order valence-corrected chi connectivity index (χ1v) is 11.1. The van der Waals surface area contributed by atoms with Gasteiger partial charge in [0, 0.05) is 50.4 Å². The second kappa shape index (κ2) is 13.9. The van der Waals surface area contributed by atoms with Crippen molar-refractivity contribution < 1.29 is 9.53 Å². The Morgan fingerprint density at radius 2 is 1.71 bits per heavy atom. The fourth-order valence-electron chi connectivity index (χ4n) is 3.54. The Bertz CT molecular complexity index is 684. The Kier molecular flexibility index (Phi) is 12.4. The SMILES string of the molecule is CCNC(=NCc1ccc(C(=O)N(CC)CC)cc1)NCC(C)(C)N1CCOCC1.I. The van der Waals surface area contributed by atoms with Crippen molar-refractivity contribution in [1.82, 2.24) is 20.4 Å². The number of morpholine rings is 1. The number of rotatable bonds is 9. The number of nitrogens with one attached hydrogen (secondary N) is 2. The summed E-state index contributed by atoms with van der Waals surface area (Å²) in [6, 6.07) is 7.77. The molecule has 0 bridgehead atoms. The maximum atomic E-state index is 12.4. The molecule has 0 unspecified atom stereocenters. The summed E-state index contributed by atoms with van der Waals surface area (Å²) in [6.45, 7) is 17.7. The Balaban J connectivity index is 0.00000480. The molecule has 1 aromatic rings. The van der Waals surface area contributed by atoms with Crippen molar-refractivity contribution in [2.45, 2.75) is 46.7 Å². The molecule has 176 valence electrons. The van der Waals surface area contributed by atoms with E-state index in [4.69, 9.17) is 9.73 Å². The van der Waals surface area contributed by atoms with E-state index in [0.717, 1.165) is 69.6 Å². The largest absolute Gasteiger partial charge is 0.379 e. The molecule has 0 aromatic heterocycles. The van der Waals surface area contributed by atoms with Crippen LogP contribution in [0.4, 0.5) is 0 Å². The van der Waals surface area contributed by atoms with Gasteiger partial charge < -0.3 is 20.3 Å². The number of amides is 1. The lowest BCUT2D eigenvalue weighted by molar-refractivity contribution is -0.00834. The van der Waals surface area contributed by atoms with Crippen LogP contribution in [0.2, 0.25) is 0 Å². The molecule has 8 heteroatoms. The molecule has 2 rings (SSSR count). The number of ether oxygens (including phenoxy) is 1. The third-order valence-electron chi connectivity index (χ3n) is 5.57. The fraction of sp³-hybridized carbons (Fsp3) is 0.652. The minimum absolute atomic E-state index is 0. The number of benzene rings is 1. The predicted molar refractivity (Wildman–Crippen MR) is 138 cm³/mol. The summed E-state index contributed by atoms with van der Waals surface area (Å²) >= 11 is 0. The third-order valence-corrected chi connectivity index (χ3v) is 5.57. The van der Waals surface area contributed by atoms with Crippen molar-refractivity contribution in [3.05, 3.63) is 35.4 Å². The van der Waals surface area contributed by atoms with Crippen molar-refractivity contribution in [3.8, 4) is 0 Å². The molecular weight excluding hydrogens is 505 g/mol. The number of aliphatic imine (C=N–C) groups is 1. The average molecular weight is 546 g/mol. The van der Waals surface area contributed by atoms with Crippen LogP contribution in [0.5, 0.6) is 0 Å². The standard InChI is InChI=1S/C23H39N5O2.HI/c1-6-24-22(26-18-23(4,5)28-13-15-30-16-14-28)25-17-19-9-11-20(12-10-19)21(29)27(7-2)8-3;/h9-12H,6-8,13-18H2,1-5H3,(H2,24,25,26);1H. The lowest BCUT2D eigenvalue weighted by atomic mass is 10.0. The molecule has 0 saturated carbocycles. The number of hydrogen-bond acceptors (Lipinski definition) is 4. The van der Waals surface area contributed by atoms with Gasteiger partial charge in [-0.1, -0.05) is 12.1 Å². The number of nitrogens with zero attached hydrogens (tertiary/aromatic N) is 3. The minimum atomic E-state index is 0. The lowest BCUT2D eigenvalue weighted by Crippen LogP contribution is -2.56. The molecule has 2 N–H and O–H groups in total. The van der Waals surface area contributed by atoms with E-state index in [1.165, 1.54) is 0 Å². The quantitative estimate of drug-likeness (QED) is 0.284. The van der Waals surface area contributed by atoms with Gasteiger partial charge >= 0.3 is 0 Å². The van der Waals surface area contributed by atoms with Gasteiger partial charge in [0.15, 0.2) is 5.96 Å². The highest BCUT2D eigenvalue weighted by molar-refractivity contribution is 14.0. The molecule has 7 nitrogen and oxygen atoms in total. The van der Waals surface area contributed by atoms with Gasteiger partial charge in [0.25, 0.3) is 5.91 Å². The fourth-order valence-corrected chi connectivity index (χ4v) is 3.54. The highest BCUT2D eigenvalue weighted by atomic mass is 127. The molecule has 1 aromatic carbocycles. The smallest absolute Gasteiger partial charge is 0.253 e. The summed E-state index contributed by atoms with van der Waals surface area (Å²) < 4.78 is 5.47. The highest BCUT2D eigenvalue weighted by Gasteiger charge is 2.28. The van der Waals surface area contributed by atoms with E-state index in [2.05, 4.69) is 36.3 Å². The molecule has 31 heavy (non-hydrogen) atoms. The van der Waals surface area contributed by atoms with Gasteiger partial charge in [0.05, 0.1) is 19.8 Å².